The van der Waals surface area contributed by atoms with Gasteiger partial charge in [-0.1, -0.05) is 41.9 Å². The fourth-order valence-electron chi connectivity index (χ4n) is 4.24. The number of nitrogens with zero attached hydrogens (tertiary/aromatic N) is 4. The lowest BCUT2D eigenvalue weighted by Crippen LogP contribution is -2.39. The van der Waals surface area contributed by atoms with Crippen LogP contribution in [-0.4, -0.2) is 33.5 Å². The second kappa shape index (κ2) is 10.8. The second-order valence-corrected chi connectivity index (χ2v) is 9.43. The van der Waals surface area contributed by atoms with E-state index in [1.807, 2.05) is 91.1 Å². The first-order valence-electron chi connectivity index (χ1n) is 12.1. The smallest absolute Gasteiger partial charge is 0.271 e. The van der Waals surface area contributed by atoms with Gasteiger partial charge < -0.3 is 4.74 Å². The number of para-hydroxylation sites is 1. The summed E-state index contributed by atoms with van der Waals surface area (Å²) in [6, 6.07) is 26.5. The molecule has 0 N–H and O–H groups in total. The van der Waals surface area contributed by atoms with Gasteiger partial charge in [0, 0.05) is 35.0 Å². The number of likely N-dealkylation sites (N-methyl/N-ethyl adjacent to an activating group) is 1. The van der Waals surface area contributed by atoms with Crippen molar-refractivity contribution in [3.05, 3.63) is 118 Å². The average molecular weight is 535 g/mol. The summed E-state index contributed by atoms with van der Waals surface area (Å²) in [5.41, 5.74) is 4.51. The first-order valence-corrected chi connectivity index (χ1v) is 12.5. The van der Waals surface area contributed by atoms with Crippen LogP contribution >= 0.6 is 11.6 Å². The Labute approximate surface area is 230 Å². The molecule has 1 aliphatic rings. The zero-order valence-corrected chi connectivity index (χ0v) is 22.0. The van der Waals surface area contributed by atoms with Crippen molar-refractivity contribution in [1.82, 2.24) is 14.7 Å². The van der Waals surface area contributed by atoms with Crippen molar-refractivity contribution in [3.8, 4) is 28.8 Å². The maximum absolute atomic E-state index is 13.0. The summed E-state index contributed by atoms with van der Waals surface area (Å²) in [5.74, 6) is -0.386. The van der Waals surface area contributed by atoms with E-state index in [1.165, 1.54) is 7.05 Å². The van der Waals surface area contributed by atoms with Crippen molar-refractivity contribution in [2.75, 3.05) is 7.05 Å². The zero-order chi connectivity index (χ0) is 27.5. The summed E-state index contributed by atoms with van der Waals surface area (Å²) >= 11 is 5.96. The molecule has 8 heteroatoms. The molecule has 0 atom stereocenters. The number of carbonyl (C=O) groups is 2. The van der Waals surface area contributed by atoms with Gasteiger partial charge in [0.15, 0.2) is 0 Å². The Morgan fingerprint density at radius 3 is 2.33 bits per heavy atom. The monoisotopic (exact) mass is 534 g/mol. The van der Waals surface area contributed by atoms with Gasteiger partial charge in [0.05, 0.1) is 11.4 Å². The third-order valence-electron chi connectivity index (χ3n) is 6.45. The summed E-state index contributed by atoms with van der Waals surface area (Å²) in [5, 5.41) is 15.0. The van der Waals surface area contributed by atoms with Crippen LogP contribution in [0.15, 0.2) is 102 Å². The Morgan fingerprint density at radius 1 is 0.974 bits per heavy atom. The number of aromatic nitrogens is 2. The van der Waals surface area contributed by atoms with Crippen LogP contribution in [0.25, 0.3) is 23.0 Å². The van der Waals surface area contributed by atoms with Crippen LogP contribution in [-0.2, 0) is 16.2 Å². The molecule has 39 heavy (non-hydrogen) atoms. The van der Waals surface area contributed by atoms with Crippen LogP contribution in [0, 0.1) is 11.3 Å². The van der Waals surface area contributed by atoms with Gasteiger partial charge >= 0.3 is 0 Å². The molecule has 2 heterocycles. The molecule has 5 rings (SSSR count). The Kier molecular flexibility index (Phi) is 7.13. The predicted molar refractivity (Wildman–Crippen MR) is 149 cm³/mol. The molecule has 4 aromatic rings. The first-order chi connectivity index (χ1) is 18.9. The van der Waals surface area contributed by atoms with Crippen molar-refractivity contribution in [1.29, 1.82) is 5.26 Å². The van der Waals surface area contributed by atoms with Crippen molar-refractivity contribution in [2.24, 2.45) is 0 Å². The van der Waals surface area contributed by atoms with Crippen LogP contribution < -0.4 is 4.74 Å². The van der Waals surface area contributed by atoms with Crippen LogP contribution in [0.1, 0.15) is 18.1 Å². The third kappa shape index (κ3) is 5.24. The highest BCUT2D eigenvalue weighted by Gasteiger charge is 2.33. The van der Waals surface area contributed by atoms with Gasteiger partial charge in [0.25, 0.3) is 11.8 Å². The van der Waals surface area contributed by atoms with Crippen LogP contribution in [0.4, 0.5) is 0 Å². The Morgan fingerprint density at radius 2 is 1.67 bits per heavy atom. The third-order valence-corrected chi connectivity index (χ3v) is 6.71. The number of hydrogen-bond acceptors (Lipinski definition) is 5. The number of imide groups is 1. The normalized spacial score (nSPS) is 14.6. The lowest BCUT2D eigenvalue weighted by atomic mass is 9.93. The molecule has 0 aliphatic carbocycles. The van der Waals surface area contributed by atoms with Gasteiger partial charge in [-0.2, -0.15) is 10.4 Å². The number of nitriles is 1. The number of rotatable bonds is 6. The van der Waals surface area contributed by atoms with Gasteiger partial charge in [-0.15, -0.1) is 0 Å². The van der Waals surface area contributed by atoms with Crippen LogP contribution in [0.3, 0.4) is 0 Å². The minimum atomic E-state index is -0.605. The predicted octanol–water partition coefficient (Wildman–Crippen LogP) is 5.99. The van der Waals surface area contributed by atoms with Crippen molar-refractivity contribution in [2.45, 2.75) is 13.5 Å². The molecular weight excluding hydrogens is 512 g/mol. The Hall–Kier alpha value is -4.93. The molecule has 192 valence electrons. The molecule has 3 aromatic carbocycles. The Bertz CT molecular complexity index is 1660. The van der Waals surface area contributed by atoms with Gasteiger partial charge in [0.2, 0.25) is 0 Å². The fraction of sp³-hybridized carbons (Fsp3) is 0.0968. The molecule has 1 aromatic heterocycles. The molecule has 0 radical (unpaired) electrons. The van der Waals surface area contributed by atoms with E-state index in [2.05, 4.69) is 0 Å². The number of ether oxygens (including phenoxy) is 1. The lowest BCUT2D eigenvalue weighted by molar-refractivity contribution is -0.138. The van der Waals surface area contributed by atoms with E-state index in [4.69, 9.17) is 21.4 Å². The van der Waals surface area contributed by atoms with Gasteiger partial charge in [0.1, 0.15) is 24.0 Å². The maximum atomic E-state index is 13.0. The number of amides is 2. The highest BCUT2D eigenvalue weighted by atomic mass is 35.5. The fourth-order valence-corrected chi connectivity index (χ4v) is 4.37. The van der Waals surface area contributed by atoms with E-state index in [0.717, 1.165) is 21.7 Å². The second-order valence-electron chi connectivity index (χ2n) is 8.99. The summed E-state index contributed by atoms with van der Waals surface area (Å²) in [6.07, 6.45) is 3.51. The van der Waals surface area contributed by atoms with Crippen molar-refractivity contribution >= 4 is 29.5 Å². The highest BCUT2D eigenvalue weighted by molar-refractivity contribution is 6.30. The van der Waals surface area contributed by atoms with E-state index >= 15 is 0 Å². The minimum Gasteiger partial charge on any atom is -0.489 e. The largest absolute Gasteiger partial charge is 0.489 e. The number of hydrogen-bond donors (Lipinski definition) is 0. The topological polar surface area (TPSA) is 88.2 Å². The van der Waals surface area contributed by atoms with E-state index in [9.17, 15) is 14.9 Å². The summed E-state index contributed by atoms with van der Waals surface area (Å²) in [7, 11) is 1.37. The lowest BCUT2D eigenvalue weighted by Gasteiger charge is -2.23. The molecule has 0 bridgehead atoms. The molecule has 0 saturated heterocycles. The molecule has 7 nitrogen and oxygen atoms in total. The number of benzene rings is 3. The van der Waals surface area contributed by atoms with E-state index in [1.54, 1.807) is 17.7 Å². The molecule has 0 saturated carbocycles. The summed E-state index contributed by atoms with van der Waals surface area (Å²) < 4.78 is 7.66. The van der Waals surface area contributed by atoms with Crippen LogP contribution in [0.2, 0.25) is 5.02 Å². The molecular formula is C31H23ClN4O3. The van der Waals surface area contributed by atoms with E-state index in [-0.39, 0.29) is 11.1 Å². The maximum Gasteiger partial charge on any atom is 0.271 e. The SMILES string of the molecule is CC1=C(C#N)C(=O)N(C)C(=O)/C1=C/c1cn(-c2ccccc2)nc1-c1ccc(OCc2ccc(Cl)cc2)cc1. The quantitative estimate of drug-likeness (QED) is 0.224. The van der Waals surface area contributed by atoms with Crippen molar-refractivity contribution in [3.63, 3.8) is 0 Å². The molecule has 0 unspecified atom stereocenters. The highest BCUT2D eigenvalue weighted by Crippen LogP contribution is 2.31. The van der Waals surface area contributed by atoms with Crippen LogP contribution in [0.5, 0.6) is 5.75 Å². The van der Waals surface area contributed by atoms with Gasteiger partial charge in [-0.05, 0) is 72.7 Å². The standard InChI is InChI=1S/C31H23ClN4O3/c1-20-27(30(37)35(2)31(38)28(20)17-33)16-23-18-36(25-6-4-3-5-7-25)34-29(23)22-10-14-26(15-11-22)39-19-21-8-12-24(32)13-9-21/h3-16,18H,19H2,1-2H3/b27-16+. The number of carbonyl (C=O) groups excluding carboxylic acids is 2. The average Bonchev–Trinajstić information content (AvgIpc) is 3.39. The zero-order valence-electron chi connectivity index (χ0n) is 21.3. The Balaban J connectivity index is 1.53. The minimum absolute atomic E-state index is 0.0532. The van der Waals surface area contributed by atoms with E-state index in [0.29, 0.717) is 34.2 Å². The van der Waals surface area contributed by atoms with Crippen molar-refractivity contribution < 1.29 is 14.3 Å². The van der Waals surface area contributed by atoms with Gasteiger partial charge in [-0.25, -0.2) is 4.68 Å². The van der Waals surface area contributed by atoms with E-state index < -0.39 is 11.8 Å². The molecule has 0 spiro atoms. The molecule has 2 amide bonds. The summed E-state index contributed by atoms with van der Waals surface area (Å²) in [4.78, 5) is 26.4. The number of halogens is 1. The summed E-state index contributed by atoms with van der Waals surface area (Å²) in [6.45, 7) is 2.01. The molecule has 0 fully saturated rings. The van der Waals surface area contributed by atoms with Gasteiger partial charge in [-0.3, -0.25) is 14.5 Å². The first kappa shape index (κ1) is 25.7. The molecule has 1 aliphatic heterocycles.